The summed E-state index contributed by atoms with van der Waals surface area (Å²) in [4.78, 5) is 16.7. The van der Waals surface area contributed by atoms with Crippen LogP contribution in [-0.2, 0) is 6.42 Å². The van der Waals surface area contributed by atoms with Gasteiger partial charge in [0.2, 0.25) is 0 Å². The maximum absolute atomic E-state index is 12.4. The number of H-pyrrole nitrogens is 1. The molecule has 3 heterocycles. The monoisotopic (exact) mass is 326 g/mol. The highest BCUT2D eigenvalue weighted by molar-refractivity contribution is 5.92. The number of nitrogens with zero attached hydrogens (tertiary/aromatic N) is 3. The van der Waals surface area contributed by atoms with Gasteiger partial charge in [-0.25, -0.2) is 0 Å². The Morgan fingerprint density at radius 1 is 1.25 bits per heavy atom. The summed E-state index contributed by atoms with van der Waals surface area (Å²) in [5.74, 6) is 1.07. The first kappa shape index (κ1) is 15.2. The number of hydrogen-bond acceptors (Lipinski definition) is 4. The minimum Gasteiger partial charge on any atom is -0.493 e. The summed E-state index contributed by atoms with van der Waals surface area (Å²) < 4.78 is 5.69. The van der Waals surface area contributed by atoms with Crippen LogP contribution in [0.1, 0.15) is 34.6 Å². The fourth-order valence-electron chi connectivity index (χ4n) is 3.51. The molecule has 2 aliphatic rings. The summed E-state index contributed by atoms with van der Waals surface area (Å²) in [5.41, 5.74) is 3.15. The molecule has 2 aromatic rings. The number of aromatic amines is 1. The normalized spacial score (nSPS) is 19.0. The number of hydrogen-bond donors (Lipinski definition) is 1. The first-order valence-electron chi connectivity index (χ1n) is 8.51. The van der Waals surface area contributed by atoms with Crippen LogP contribution < -0.4 is 4.74 Å². The molecular weight excluding hydrogens is 304 g/mol. The molecule has 0 aliphatic carbocycles. The van der Waals surface area contributed by atoms with Crippen molar-refractivity contribution in [2.75, 3.05) is 32.8 Å². The molecule has 6 heteroatoms. The van der Waals surface area contributed by atoms with E-state index in [9.17, 15) is 4.79 Å². The summed E-state index contributed by atoms with van der Waals surface area (Å²) in [6.45, 7) is 6.25. The van der Waals surface area contributed by atoms with Gasteiger partial charge in [-0.05, 0) is 30.2 Å². The quantitative estimate of drug-likeness (QED) is 0.935. The molecular formula is C18H22N4O2. The number of amides is 1. The van der Waals surface area contributed by atoms with Gasteiger partial charge in [0.05, 0.1) is 6.61 Å². The molecule has 126 valence electrons. The van der Waals surface area contributed by atoms with Gasteiger partial charge in [-0.2, -0.15) is 5.10 Å². The molecule has 1 aromatic heterocycles. The Bertz CT molecular complexity index is 721. The number of ether oxygens (including phenoxy) is 1. The number of aromatic nitrogens is 2. The van der Waals surface area contributed by atoms with Crippen molar-refractivity contribution in [1.82, 2.24) is 20.0 Å². The van der Waals surface area contributed by atoms with Gasteiger partial charge in [0.1, 0.15) is 11.4 Å². The van der Waals surface area contributed by atoms with Crippen molar-refractivity contribution >= 4 is 5.91 Å². The molecule has 1 N–H and O–H groups in total. The second kappa shape index (κ2) is 6.28. The van der Waals surface area contributed by atoms with Crippen molar-refractivity contribution in [3.8, 4) is 5.75 Å². The Hall–Kier alpha value is -2.34. The number of piperazine rings is 1. The molecule has 0 saturated carbocycles. The Morgan fingerprint density at radius 3 is 2.83 bits per heavy atom. The van der Waals surface area contributed by atoms with E-state index in [0.29, 0.717) is 11.7 Å². The molecule has 1 amide bonds. The van der Waals surface area contributed by atoms with E-state index in [-0.39, 0.29) is 5.91 Å². The molecule has 2 aliphatic heterocycles. The number of fused-ring (bicyclic) bond motifs is 1. The maximum atomic E-state index is 12.4. The average Bonchev–Trinajstić information content (AvgIpc) is 3.31. The smallest absolute Gasteiger partial charge is 0.271 e. The van der Waals surface area contributed by atoms with Crippen LogP contribution >= 0.6 is 0 Å². The van der Waals surface area contributed by atoms with Gasteiger partial charge in [-0.1, -0.05) is 12.1 Å². The minimum atomic E-state index is 0.0331. The highest BCUT2D eigenvalue weighted by atomic mass is 16.5. The van der Waals surface area contributed by atoms with E-state index in [1.807, 2.05) is 4.90 Å². The molecule has 24 heavy (non-hydrogen) atoms. The first-order valence-corrected chi connectivity index (χ1v) is 8.51. The van der Waals surface area contributed by atoms with Gasteiger partial charge in [0.15, 0.2) is 0 Å². The van der Waals surface area contributed by atoms with Crippen LogP contribution in [0.25, 0.3) is 0 Å². The van der Waals surface area contributed by atoms with Crippen LogP contribution in [0.5, 0.6) is 5.75 Å². The number of nitrogens with one attached hydrogen (secondary N) is 1. The highest BCUT2D eigenvalue weighted by Crippen LogP contribution is 2.31. The molecule has 0 spiro atoms. The third-order valence-electron chi connectivity index (χ3n) is 5.08. The van der Waals surface area contributed by atoms with E-state index in [4.69, 9.17) is 4.74 Å². The lowest BCUT2D eigenvalue weighted by Crippen LogP contribution is -2.49. The van der Waals surface area contributed by atoms with E-state index in [1.54, 1.807) is 12.3 Å². The molecule has 6 nitrogen and oxygen atoms in total. The number of carbonyl (C=O) groups excluding carboxylic acids is 1. The molecule has 1 aromatic carbocycles. The van der Waals surface area contributed by atoms with Crippen molar-refractivity contribution < 1.29 is 9.53 Å². The van der Waals surface area contributed by atoms with Crippen LogP contribution in [0.15, 0.2) is 30.5 Å². The summed E-state index contributed by atoms with van der Waals surface area (Å²) in [6.07, 6.45) is 2.62. The number of rotatable bonds is 3. The van der Waals surface area contributed by atoms with Crippen LogP contribution in [-0.4, -0.2) is 58.7 Å². The van der Waals surface area contributed by atoms with Gasteiger partial charge in [0.25, 0.3) is 5.91 Å². The van der Waals surface area contributed by atoms with Gasteiger partial charge >= 0.3 is 0 Å². The van der Waals surface area contributed by atoms with E-state index < -0.39 is 0 Å². The third-order valence-corrected chi connectivity index (χ3v) is 5.08. The molecule has 1 unspecified atom stereocenters. The Kier molecular flexibility index (Phi) is 3.98. The second-order valence-corrected chi connectivity index (χ2v) is 6.44. The third kappa shape index (κ3) is 2.78. The van der Waals surface area contributed by atoms with Gasteiger partial charge in [0, 0.05) is 44.8 Å². The lowest BCUT2D eigenvalue weighted by molar-refractivity contribution is 0.0576. The van der Waals surface area contributed by atoms with Crippen LogP contribution in [0.2, 0.25) is 0 Å². The average molecular weight is 326 g/mol. The second-order valence-electron chi connectivity index (χ2n) is 6.44. The fourth-order valence-corrected chi connectivity index (χ4v) is 3.51. The Balaban J connectivity index is 1.39. The molecule has 0 bridgehead atoms. The molecule has 1 saturated heterocycles. The highest BCUT2D eigenvalue weighted by Gasteiger charge is 2.26. The zero-order valence-corrected chi connectivity index (χ0v) is 13.9. The van der Waals surface area contributed by atoms with Gasteiger partial charge in [-0.3, -0.25) is 14.8 Å². The summed E-state index contributed by atoms with van der Waals surface area (Å²) in [6, 6.07) is 8.62. The van der Waals surface area contributed by atoms with E-state index in [1.165, 1.54) is 11.1 Å². The van der Waals surface area contributed by atoms with Crippen molar-refractivity contribution in [3.63, 3.8) is 0 Å². The fraction of sp³-hybridized carbons (Fsp3) is 0.444. The summed E-state index contributed by atoms with van der Waals surface area (Å²) >= 11 is 0. The lowest BCUT2D eigenvalue weighted by Gasteiger charge is -2.38. The Morgan fingerprint density at radius 2 is 2.08 bits per heavy atom. The summed E-state index contributed by atoms with van der Waals surface area (Å²) in [5, 5.41) is 6.60. The lowest BCUT2D eigenvalue weighted by atomic mass is 10.0. The minimum absolute atomic E-state index is 0.0331. The Labute approximate surface area is 141 Å². The SMILES string of the molecule is CC(c1ccc2c(c1)OCC2)N1CCN(C(=O)c2ccn[nH]2)CC1. The van der Waals surface area contributed by atoms with Crippen molar-refractivity contribution in [1.29, 1.82) is 0 Å². The van der Waals surface area contributed by atoms with Gasteiger partial charge in [-0.15, -0.1) is 0 Å². The largest absolute Gasteiger partial charge is 0.493 e. The predicted octanol–water partition coefficient (Wildman–Crippen LogP) is 1.86. The van der Waals surface area contributed by atoms with Crippen molar-refractivity contribution in [2.24, 2.45) is 0 Å². The summed E-state index contributed by atoms with van der Waals surface area (Å²) in [7, 11) is 0. The van der Waals surface area contributed by atoms with Gasteiger partial charge < -0.3 is 9.64 Å². The van der Waals surface area contributed by atoms with Crippen LogP contribution in [0, 0.1) is 0 Å². The topological polar surface area (TPSA) is 61.5 Å². The standard InChI is InChI=1S/C18H22N4O2/c1-13(15-3-2-14-5-11-24-17(14)12-15)21-7-9-22(10-8-21)18(23)16-4-6-19-20-16/h2-4,6,12-13H,5,7-11H2,1H3,(H,19,20). The number of carbonyl (C=O) groups is 1. The van der Waals surface area contributed by atoms with Crippen LogP contribution in [0.3, 0.4) is 0 Å². The molecule has 1 atom stereocenters. The van der Waals surface area contributed by atoms with E-state index >= 15 is 0 Å². The van der Waals surface area contributed by atoms with Crippen LogP contribution in [0.4, 0.5) is 0 Å². The first-order chi connectivity index (χ1) is 11.7. The molecule has 1 fully saturated rings. The molecule has 4 rings (SSSR count). The predicted molar refractivity (Wildman–Crippen MR) is 90.1 cm³/mol. The zero-order chi connectivity index (χ0) is 16.5. The van der Waals surface area contributed by atoms with E-state index in [2.05, 4.69) is 40.2 Å². The van der Waals surface area contributed by atoms with Crippen molar-refractivity contribution in [3.05, 3.63) is 47.3 Å². The zero-order valence-electron chi connectivity index (χ0n) is 13.9. The van der Waals surface area contributed by atoms with E-state index in [0.717, 1.165) is 45.0 Å². The maximum Gasteiger partial charge on any atom is 0.271 e. The van der Waals surface area contributed by atoms with Crippen molar-refractivity contribution in [2.45, 2.75) is 19.4 Å². The number of benzene rings is 1. The molecule has 0 radical (unpaired) electrons.